The fraction of sp³-hybridized carbons (Fsp3) is 0.200. The lowest BCUT2D eigenvalue weighted by Gasteiger charge is -2.21. The van der Waals surface area contributed by atoms with Crippen molar-refractivity contribution in [3.63, 3.8) is 0 Å². The molecule has 0 fully saturated rings. The number of halogens is 2. The maximum absolute atomic E-state index is 14.1. The first-order valence-electron chi connectivity index (χ1n) is 6.24. The second kappa shape index (κ2) is 6.76. The van der Waals surface area contributed by atoms with E-state index < -0.39 is 11.9 Å². The van der Waals surface area contributed by atoms with Crippen LogP contribution in [0.1, 0.15) is 17.2 Å². The molecule has 2 aromatic carbocycles. The Hall–Kier alpha value is -1.82. The van der Waals surface area contributed by atoms with Crippen LogP contribution >= 0.6 is 11.6 Å². The molecular formula is C15H16ClFN2O2. The minimum Gasteiger partial charge on any atom is -0.497 e. The number of nitrogens with two attached hydrogens (primary N) is 1. The molecule has 21 heavy (non-hydrogen) atoms. The average Bonchev–Trinajstić information content (AvgIpc) is 2.50. The molecule has 0 radical (unpaired) electrons. The molecule has 0 spiro atoms. The molecule has 6 heteroatoms. The van der Waals surface area contributed by atoms with Gasteiger partial charge in [0.1, 0.15) is 17.3 Å². The zero-order valence-electron chi connectivity index (χ0n) is 11.7. The van der Waals surface area contributed by atoms with Gasteiger partial charge in [-0.05, 0) is 30.3 Å². The quantitative estimate of drug-likeness (QED) is 0.658. The molecule has 2 aromatic rings. The standard InChI is InChI=1S/C15H16ClFN2O2/c1-20-9-6-7-13(21-2)10(8-9)15(19-18)14-11(16)4-3-5-12(14)17/h3-8,15,19H,18H2,1-2H3. The van der Waals surface area contributed by atoms with E-state index in [4.69, 9.17) is 26.9 Å². The first-order chi connectivity index (χ1) is 10.1. The van der Waals surface area contributed by atoms with Gasteiger partial charge < -0.3 is 9.47 Å². The molecule has 0 aliphatic carbocycles. The molecular weight excluding hydrogens is 295 g/mol. The first kappa shape index (κ1) is 15.6. The Morgan fingerprint density at radius 2 is 1.95 bits per heavy atom. The van der Waals surface area contributed by atoms with Crippen molar-refractivity contribution in [1.29, 1.82) is 0 Å². The van der Waals surface area contributed by atoms with E-state index in [0.29, 0.717) is 17.1 Å². The van der Waals surface area contributed by atoms with Crippen molar-refractivity contribution in [3.05, 3.63) is 58.4 Å². The summed E-state index contributed by atoms with van der Waals surface area (Å²) in [6, 6.07) is 9.02. The maximum Gasteiger partial charge on any atom is 0.129 e. The summed E-state index contributed by atoms with van der Waals surface area (Å²) in [5.74, 6) is 6.33. The van der Waals surface area contributed by atoms with Gasteiger partial charge in [0.15, 0.2) is 0 Å². The number of hydrogen-bond donors (Lipinski definition) is 2. The van der Waals surface area contributed by atoms with Gasteiger partial charge in [-0.25, -0.2) is 9.82 Å². The summed E-state index contributed by atoms with van der Waals surface area (Å²) in [7, 11) is 3.08. The Morgan fingerprint density at radius 1 is 1.19 bits per heavy atom. The van der Waals surface area contributed by atoms with Crippen molar-refractivity contribution < 1.29 is 13.9 Å². The Labute approximate surface area is 127 Å². The lowest BCUT2D eigenvalue weighted by atomic mass is 9.97. The zero-order chi connectivity index (χ0) is 15.4. The van der Waals surface area contributed by atoms with Crippen LogP contribution < -0.4 is 20.7 Å². The third kappa shape index (κ3) is 3.10. The van der Waals surface area contributed by atoms with E-state index in [-0.39, 0.29) is 10.6 Å². The molecule has 112 valence electrons. The van der Waals surface area contributed by atoms with Crippen molar-refractivity contribution in [1.82, 2.24) is 5.43 Å². The van der Waals surface area contributed by atoms with Crippen LogP contribution in [-0.2, 0) is 0 Å². The Morgan fingerprint density at radius 3 is 2.52 bits per heavy atom. The SMILES string of the molecule is COc1ccc(OC)c(C(NN)c2c(F)cccc2Cl)c1. The summed E-state index contributed by atoms with van der Waals surface area (Å²) in [5, 5.41) is 0.280. The largest absolute Gasteiger partial charge is 0.497 e. The molecule has 0 bridgehead atoms. The normalized spacial score (nSPS) is 12.0. The lowest BCUT2D eigenvalue weighted by molar-refractivity contribution is 0.393. The Bertz CT molecular complexity index is 617. The lowest BCUT2D eigenvalue weighted by Crippen LogP contribution is -2.30. The van der Waals surface area contributed by atoms with Gasteiger partial charge in [0.25, 0.3) is 0 Å². The number of methoxy groups -OCH3 is 2. The molecule has 1 unspecified atom stereocenters. The molecule has 0 aliphatic rings. The van der Waals surface area contributed by atoms with Crippen LogP contribution in [-0.4, -0.2) is 14.2 Å². The molecule has 1 atom stereocenters. The first-order valence-corrected chi connectivity index (χ1v) is 6.62. The predicted molar refractivity (Wildman–Crippen MR) is 80.1 cm³/mol. The van der Waals surface area contributed by atoms with Crippen LogP contribution in [0.2, 0.25) is 5.02 Å². The van der Waals surface area contributed by atoms with E-state index in [0.717, 1.165) is 0 Å². The predicted octanol–water partition coefficient (Wildman–Crippen LogP) is 3.05. The monoisotopic (exact) mass is 310 g/mol. The van der Waals surface area contributed by atoms with Crippen molar-refractivity contribution in [2.75, 3.05) is 14.2 Å². The molecule has 0 amide bonds. The highest BCUT2D eigenvalue weighted by Gasteiger charge is 2.23. The second-order valence-corrected chi connectivity index (χ2v) is 4.75. The average molecular weight is 311 g/mol. The molecule has 0 aromatic heterocycles. The van der Waals surface area contributed by atoms with Gasteiger partial charge in [-0.1, -0.05) is 17.7 Å². The van der Waals surface area contributed by atoms with Crippen LogP contribution in [0, 0.1) is 5.82 Å². The fourth-order valence-electron chi connectivity index (χ4n) is 2.18. The van der Waals surface area contributed by atoms with E-state index in [1.54, 1.807) is 31.4 Å². The smallest absolute Gasteiger partial charge is 0.129 e. The van der Waals surface area contributed by atoms with Crippen LogP contribution in [0.3, 0.4) is 0 Å². The third-order valence-electron chi connectivity index (χ3n) is 3.20. The number of hydrazine groups is 1. The van der Waals surface area contributed by atoms with Crippen molar-refractivity contribution in [2.24, 2.45) is 5.84 Å². The third-order valence-corrected chi connectivity index (χ3v) is 3.53. The molecule has 0 heterocycles. The number of rotatable bonds is 5. The van der Waals surface area contributed by atoms with Gasteiger partial charge >= 0.3 is 0 Å². The highest BCUT2D eigenvalue weighted by molar-refractivity contribution is 6.31. The molecule has 3 N–H and O–H groups in total. The van der Waals surface area contributed by atoms with Gasteiger partial charge in [-0.15, -0.1) is 0 Å². The molecule has 2 rings (SSSR count). The highest BCUT2D eigenvalue weighted by Crippen LogP contribution is 2.36. The molecule has 0 saturated heterocycles. The highest BCUT2D eigenvalue weighted by atomic mass is 35.5. The topological polar surface area (TPSA) is 56.5 Å². The number of nitrogens with one attached hydrogen (secondary N) is 1. The number of hydrogen-bond acceptors (Lipinski definition) is 4. The summed E-state index contributed by atoms with van der Waals surface area (Å²) in [4.78, 5) is 0. The fourth-order valence-corrected chi connectivity index (χ4v) is 2.45. The molecule has 0 aliphatic heterocycles. The van der Waals surface area contributed by atoms with Gasteiger partial charge in [0.2, 0.25) is 0 Å². The second-order valence-electron chi connectivity index (χ2n) is 4.34. The van der Waals surface area contributed by atoms with Crippen molar-refractivity contribution in [3.8, 4) is 11.5 Å². The molecule has 4 nitrogen and oxygen atoms in total. The minimum absolute atomic E-state index is 0.258. The maximum atomic E-state index is 14.1. The number of benzene rings is 2. The summed E-state index contributed by atoms with van der Waals surface area (Å²) in [6.45, 7) is 0. The van der Waals surface area contributed by atoms with Crippen molar-refractivity contribution in [2.45, 2.75) is 6.04 Å². The Kier molecular flexibility index (Phi) is 5.01. The van der Waals surface area contributed by atoms with E-state index in [1.165, 1.54) is 19.2 Å². The van der Waals surface area contributed by atoms with Gasteiger partial charge in [0, 0.05) is 16.1 Å². The Balaban J connectivity index is 2.61. The molecule has 0 saturated carbocycles. The van der Waals surface area contributed by atoms with E-state index in [9.17, 15) is 4.39 Å². The minimum atomic E-state index is -0.663. The van der Waals surface area contributed by atoms with Gasteiger partial charge in [0.05, 0.1) is 20.3 Å². The van der Waals surface area contributed by atoms with Gasteiger partial charge in [-0.3, -0.25) is 5.84 Å². The zero-order valence-corrected chi connectivity index (χ0v) is 12.4. The van der Waals surface area contributed by atoms with Crippen LogP contribution in [0.5, 0.6) is 11.5 Å². The summed E-state index contributed by atoms with van der Waals surface area (Å²) in [6.07, 6.45) is 0. The summed E-state index contributed by atoms with van der Waals surface area (Å²) >= 11 is 6.11. The van der Waals surface area contributed by atoms with Gasteiger partial charge in [-0.2, -0.15) is 0 Å². The number of ether oxygens (including phenoxy) is 2. The van der Waals surface area contributed by atoms with E-state index >= 15 is 0 Å². The van der Waals surface area contributed by atoms with E-state index in [2.05, 4.69) is 5.43 Å². The van der Waals surface area contributed by atoms with Crippen LogP contribution in [0.15, 0.2) is 36.4 Å². The summed E-state index contributed by atoms with van der Waals surface area (Å²) < 4.78 is 24.6. The van der Waals surface area contributed by atoms with E-state index in [1.807, 2.05) is 0 Å². The summed E-state index contributed by atoms with van der Waals surface area (Å²) in [5.41, 5.74) is 3.47. The van der Waals surface area contributed by atoms with Crippen molar-refractivity contribution >= 4 is 11.6 Å². The van der Waals surface area contributed by atoms with Crippen LogP contribution in [0.4, 0.5) is 4.39 Å². The van der Waals surface area contributed by atoms with Crippen LogP contribution in [0.25, 0.3) is 0 Å².